The number of unbranched alkanes of at least 4 members (excludes halogenated alkanes) is 22. The Balaban J connectivity index is -0.000000637. The number of Topliss-reactive ketones (excluding diaryl/α,β-unsaturated/α-hetero) is 1. The van der Waals surface area contributed by atoms with Gasteiger partial charge in [0.15, 0.2) is 0 Å². The van der Waals surface area contributed by atoms with E-state index in [9.17, 15) is 28.8 Å². The number of carboxylic acids is 4. The second-order valence-corrected chi connectivity index (χ2v) is 21.6. The molecular weight excluding hydrogens is 1300 g/mol. The molecule has 0 heterocycles. The number of esters is 2. The molecule has 0 bridgehead atoms. The van der Waals surface area contributed by atoms with Gasteiger partial charge < -0.3 is 66.8 Å². The molecule has 0 aromatic carbocycles. The first-order valence-electron chi connectivity index (χ1n) is 32.7. The molecule has 1 aliphatic carbocycles. The Kier molecular flexibility index (Phi) is 74.6. The topological polar surface area (TPSA) is 309 Å². The molecule has 87 heavy (non-hydrogen) atoms. The number of aliphatic carboxylic acids is 4. The van der Waals surface area contributed by atoms with E-state index in [4.69, 9.17) is 64.2 Å². The summed E-state index contributed by atoms with van der Waals surface area (Å²) in [6.07, 6.45) is 47.8. The molecule has 1 rings (SSSR count). The van der Waals surface area contributed by atoms with Gasteiger partial charge >= 0.3 is 56.9 Å². The molecule has 20 nitrogen and oxygen atoms in total. The summed E-state index contributed by atoms with van der Waals surface area (Å²) in [6, 6.07) is 0.142. The van der Waals surface area contributed by atoms with E-state index >= 15 is 0 Å². The van der Waals surface area contributed by atoms with Crippen LogP contribution in [0.15, 0.2) is 24.3 Å². The summed E-state index contributed by atoms with van der Waals surface area (Å²) < 4.78 is 31.7. The number of amides is 1. The van der Waals surface area contributed by atoms with Crippen LogP contribution in [-0.4, -0.2) is 147 Å². The number of hydrogen-bond donors (Lipinski definition) is 5. The molecule has 0 spiro atoms. The minimum absolute atomic E-state index is 0. The Morgan fingerprint density at radius 1 is 0.425 bits per heavy atom. The number of carboxylic acid groups (broad SMARTS) is 4. The van der Waals surface area contributed by atoms with E-state index in [2.05, 4.69) is 50.4 Å². The van der Waals surface area contributed by atoms with Crippen LogP contribution in [0.3, 0.4) is 0 Å². The standard InChI is InChI=1S/C29H52O7.C28H51NO7.C7H13N.C2H2O4.Pt/c1-2-3-4-5-6-7-8-9-10-11-12-13-14-15-16-19-29(33)36-26-25-35-24-23-34-22-17-18-27(30)20-21-28(31)32;1-2-3-4-5-6-7-8-9-10-11-12-13-14-15-16-17-28(33)36-25-24-35-23-22-34-21-20-29-26(30)18-19-27(31)32;1-6-4-2-3-5-7(6)8;3-1(4)2(5)6;/h9-10H,2-8,11-26H2,1H3,(H,31,32);9-10H,2-8,11-25H2,1H3,(H,29,30)(H,31,32);6-8H,1-5H2;(H,3,4)(H,5,6);/q;;-2;;+2/b2*10-9-;;;/t;;6-,7-;;/m..1../s1. The van der Waals surface area contributed by atoms with Crippen LogP contribution in [0.1, 0.15) is 258 Å². The van der Waals surface area contributed by atoms with Crippen molar-refractivity contribution in [2.75, 3.05) is 72.6 Å². The van der Waals surface area contributed by atoms with E-state index < -0.39 is 23.9 Å². The van der Waals surface area contributed by atoms with Crippen molar-refractivity contribution in [2.45, 2.75) is 264 Å². The molecule has 0 aromatic heterocycles. The van der Waals surface area contributed by atoms with E-state index in [1.54, 1.807) is 0 Å². The molecule has 1 amide bonds. The molecule has 510 valence electrons. The van der Waals surface area contributed by atoms with Gasteiger partial charge in [-0.05, 0) is 70.6 Å². The molecule has 1 aliphatic rings. The first kappa shape index (κ1) is 89.4. The number of carbonyl (C=O) groups is 8. The summed E-state index contributed by atoms with van der Waals surface area (Å²) in [7, 11) is 0. The van der Waals surface area contributed by atoms with Crippen molar-refractivity contribution >= 4 is 47.5 Å². The van der Waals surface area contributed by atoms with Crippen LogP contribution in [0, 0.1) is 12.8 Å². The van der Waals surface area contributed by atoms with Crippen molar-refractivity contribution in [2.24, 2.45) is 5.92 Å². The van der Waals surface area contributed by atoms with E-state index in [0.29, 0.717) is 91.0 Å². The number of carbonyl (C=O) groups excluding carboxylic acids is 4. The summed E-state index contributed by atoms with van der Waals surface area (Å²) in [5.74, 6) is -5.88. The maximum atomic E-state index is 11.8. The van der Waals surface area contributed by atoms with Gasteiger partial charge in [-0.25, -0.2) is 9.59 Å². The Labute approximate surface area is 538 Å². The van der Waals surface area contributed by atoms with Gasteiger partial charge in [0.1, 0.15) is 19.0 Å². The third-order valence-corrected chi connectivity index (χ3v) is 13.6. The number of nitrogens with one attached hydrogen (secondary N) is 2. The predicted octanol–water partition coefficient (Wildman–Crippen LogP) is 14.0. The molecule has 0 unspecified atom stereocenters. The maximum Gasteiger partial charge on any atom is 2.00 e. The summed E-state index contributed by atoms with van der Waals surface area (Å²) in [6.45, 7) is 12.2. The summed E-state index contributed by atoms with van der Waals surface area (Å²) in [5.41, 5.74) is 7.42. The number of allylic oxidation sites excluding steroid dienone is 4. The minimum atomic E-state index is -1.82. The van der Waals surface area contributed by atoms with Crippen LogP contribution in [0.2, 0.25) is 0 Å². The van der Waals surface area contributed by atoms with Gasteiger partial charge in [0.05, 0.1) is 59.1 Å². The van der Waals surface area contributed by atoms with E-state index in [-0.39, 0.29) is 89.6 Å². The minimum Gasteiger partial charge on any atom is -0.677 e. The SMILES string of the molecule is CCCCCCCC/C=C\CCCCCCCC(=O)OCCOCCOCCCC(=O)CCC(=O)O.CCCCCCCC/C=C\CCCCCCCC(=O)OCCOCCOCCNC(=O)CCC(=O)O.O=C(O)C(=O)O.[CH2-][C@@H]1CCCC[C@H]1[NH-].[Pt+2]. The number of ketones is 1. The van der Waals surface area contributed by atoms with Crippen molar-refractivity contribution in [3.8, 4) is 0 Å². The second kappa shape index (κ2) is 72.7. The van der Waals surface area contributed by atoms with Crippen LogP contribution in [0.25, 0.3) is 5.73 Å². The van der Waals surface area contributed by atoms with Gasteiger partial charge in [-0.1, -0.05) is 167 Å². The third kappa shape index (κ3) is 79.9. The molecule has 21 heteroatoms. The van der Waals surface area contributed by atoms with Crippen LogP contribution in [0.5, 0.6) is 0 Å². The Bertz CT molecular complexity index is 1580. The first-order valence-corrected chi connectivity index (χ1v) is 32.7. The molecule has 0 radical (unpaired) electrons. The average molecular weight is 1420 g/mol. The predicted molar refractivity (Wildman–Crippen MR) is 336 cm³/mol. The first-order chi connectivity index (χ1) is 41.6. The maximum absolute atomic E-state index is 11.8. The molecular formula is C66H118N2O18Pt. The van der Waals surface area contributed by atoms with Crippen molar-refractivity contribution in [3.05, 3.63) is 37.0 Å². The van der Waals surface area contributed by atoms with Crippen molar-refractivity contribution < 1.29 is 108 Å². The summed E-state index contributed by atoms with van der Waals surface area (Å²) in [4.78, 5) is 85.2. The van der Waals surface area contributed by atoms with E-state index in [0.717, 1.165) is 57.8 Å². The zero-order valence-corrected chi connectivity index (χ0v) is 55.9. The van der Waals surface area contributed by atoms with Gasteiger partial charge in [0, 0.05) is 45.3 Å². The molecule has 0 saturated heterocycles. The second-order valence-electron chi connectivity index (χ2n) is 21.6. The van der Waals surface area contributed by atoms with Crippen molar-refractivity contribution in [3.63, 3.8) is 0 Å². The number of hydrogen-bond acceptors (Lipinski definition) is 14. The van der Waals surface area contributed by atoms with Gasteiger partial charge in [0.25, 0.3) is 0 Å². The number of rotatable bonds is 55. The largest absolute Gasteiger partial charge is 2.00 e. The normalized spacial score (nSPS) is 13.4. The molecule has 0 aromatic rings. The fourth-order valence-electron chi connectivity index (χ4n) is 8.42. The van der Waals surface area contributed by atoms with Gasteiger partial charge in [0.2, 0.25) is 5.91 Å². The zero-order chi connectivity index (χ0) is 64.2. The quantitative estimate of drug-likeness (QED) is 0.0124. The van der Waals surface area contributed by atoms with Crippen LogP contribution >= 0.6 is 0 Å². The molecule has 6 N–H and O–H groups in total. The summed E-state index contributed by atoms with van der Waals surface area (Å²) in [5, 5.41) is 34.4. The molecule has 1 saturated carbocycles. The van der Waals surface area contributed by atoms with Crippen molar-refractivity contribution in [1.29, 1.82) is 0 Å². The molecule has 0 aliphatic heterocycles. The Morgan fingerprint density at radius 3 is 1.16 bits per heavy atom. The molecule has 1 fully saturated rings. The smallest absolute Gasteiger partial charge is 0.677 e. The fraction of sp³-hybridized carbons (Fsp3) is 0.803. The average Bonchev–Trinajstić information content (AvgIpc) is 3.55. The van der Waals surface area contributed by atoms with E-state index in [1.807, 2.05) is 0 Å². The summed E-state index contributed by atoms with van der Waals surface area (Å²) >= 11 is 0. The monoisotopic (exact) mass is 1420 g/mol. The Hall–Kier alpha value is -4.07. The van der Waals surface area contributed by atoms with Gasteiger partial charge in [-0.2, -0.15) is 12.0 Å². The fourth-order valence-corrected chi connectivity index (χ4v) is 8.42. The van der Waals surface area contributed by atoms with Crippen LogP contribution in [0.4, 0.5) is 0 Å². The van der Waals surface area contributed by atoms with Gasteiger partial charge in [-0.3, -0.25) is 28.8 Å². The van der Waals surface area contributed by atoms with Crippen LogP contribution < -0.4 is 5.32 Å². The molecule has 2 atom stereocenters. The van der Waals surface area contributed by atoms with Gasteiger partial charge in [-0.15, -0.1) is 0 Å². The van der Waals surface area contributed by atoms with E-state index in [1.165, 1.54) is 135 Å². The zero-order valence-electron chi connectivity index (χ0n) is 53.6. The third-order valence-electron chi connectivity index (χ3n) is 13.6. The van der Waals surface area contributed by atoms with Crippen molar-refractivity contribution in [1.82, 2.24) is 5.32 Å². The number of ether oxygens (including phenoxy) is 6. The van der Waals surface area contributed by atoms with Crippen LogP contribution in [-0.2, 0) is 87.8 Å². The Morgan fingerprint density at radius 2 is 0.782 bits per heavy atom.